The van der Waals surface area contributed by atoms with Crippen LogP contribution in [0.25, 0.3) is 0 Å². The van der Waals surface area contributed by atoms with Crippen LogP contribution in [0.1, 0.15) is 31.2 Å². The van der Waals surface area contributed by atoms with Gasteiger partial charge < -0.3 is 4.90 Å². The lowest BCUT2D eigenvalue weighted by Gasteiger charge is -2.25. The Morgan fingerprint density at radius 3 is 2.67 bits per heavy atom. The second-order valence-corrected chi connectivity index (χ2v) is 6.18. The molecule has 1 N–H and O–H groups in total. The van der Waals surface area contributed by atoms with Gasteiger partial charge in [0.25, 0.3) is 5.92 Å². The summed E-state index contributed by atoms with van der Waals surface area (Å²) in [6.45, 7) is 2.22. The summed E-state index contributed by atoms with van der Waals surface area (Å²) in [7, 11) is 0. The molecule has 0 aliphatic carbocycles. The van der Waals surface area contributed by atoms with E-state index in [1.54, 1.807) is 4.90 Å². The summed E-state index contributed by atoms with van der Waals surface area (Å²) in [5.41, 5.74) is 1.21. The molecular formula is C16H20F2N2O. The number of hydrogen-bond acceptors (Lipinski definition) is 2. The Balaban J connectivity index is 1.68. The molecule has 2 saturated heterocycles. The molecule has 3 nitrogen and oxygen atoms in total. The van der Waals surface area contributed by atoms with Gasteiger partial charge in [0.1, 0.15) is 0 Å². The molecule has 0 saturated carbocycles. The van der Waals surface area contributed by atoms with Crippen molar-refractivity contribution in [3.8, 4) is 0 Å². The van der Waals surface area contributed by atoms with Crippen molar-refractivity contribution in [3.05, 3.63) is 35.9 Å². The SMILES string of the molecule is CC1CC(c2ccccc2)CN1C(=O)C1CC(F)(F)CN1. The van der Waals surface area contributed by atoms with E-state index in [4.69, 9.17) is 0 Å². The summed E-state index contributed by atoms with van der Waals surface area (Å²) in [4.78, 5) is 14.2. The maximum atomic E-state index is 13.2. The maximum absolute atomic E-state index is 13.2. The molecule has 114 valence electrons. The number of amides is 1. The van der Waals surface area contributed by atoms with Crippen molar-refractivity contribution in [1.29, 1.82) is 0 Å². The first kappa shape index (κ1) is 14.4. The minimum absolute atomic E-state index is 0.0960. The first-order chi connectivity index (χ1) is 9.96. The van der Waals surface area contributed by atoms with Gasteiger partial charge in [-0.3, -0.25) is 10.1 Å². The summed E-state index contributed by atoms with van der Waals surface area (Å²) in [5, 5.41) is 2.66. The van der Waals surface area contributed by atoms with Gasteiger partial charge >= 0.3 is 0 Å². The first-order valence-corrected chi connectivity index (χ1v) is 7.43. The zero-order valence-corrected chi connectivity index (χ0v) is 12.1. The zero-order valence-electron chi connectivity index (χ0n) is 12.1. The fourth-order valence-corrected chi connectivity index (χ4v) is 3.40. The summed E-state index contributed by atoms with van der Waals surface area (Å²) in [5.74, 6) is -2.65. The number of rotatable bonds is 2. The number of benzene rings is 1. The second kappa shape index (κ2) is 5.37. The third-order valence-electron chi connectivity index (χ3n) is 4.54. The third kappa shape index (κ3) is 2.93. The highest BCUT2D eigenvalue weighted by Crippen LogP contribution is 2.33. The van der Waals surface area contributed by atoms with E-state index in [9.17, 15) is 13.6 Å². The van der Waals surface area contributed by atoms with Crippen molar-refractivity contribution in [1.82, 2.24) is 10.2 Å². The van der Waals surface area contributed by atoms with Crippen LogP contribution in [0.5, 0.6) is 0 Å². The summed E-state index contributed by atoms with van der Waals surface area (Å²) < 4.78 is 26.5. The maximum Gasteiger partial charge on any atom is 0.262 e. The first-order valence-electron chi connectivity index (χ1n) is 7.43. The van der Waals surface area contributed by atoms with Crippen LogP contribution in [0.4, 0.5) is 8.78 Å². The second-order valence-electron chi connectivity index (χ2n) is 6.18. The van der Waals surface area contributed by atoms with Crippen LogP contribution in [0.3, 0.4) is 0 Å². The van der Waals surface area contributed by atoms with Gasteiger partial charge in [0.2, 0.25) is 5.91 Å². The van der Waals surface area contributed by atoms with E-state index < -0.39 is 18.5 Å². The van der Waals surface area contributed by atoms with E-state index in [-0.39, 0.29) is 18.4 Å². The average Bonchev–Trinajstić information content (AvgIpc) is 3.02. The molecule has 0 aromatic heterocycles. The quantitative estimate of drug-likeness (QED) is 0.908. The Morgan fingerprint density at radius 1 is 1.33 bits per heavy atom. The van der Waals surface area contributed by atoms with E-state index in [1.165, 1.54) is 5.56 Å². The Kier molecular flexibility index (Phi) is 3.69. The predicted molar refractivity (Wildman–Crippen MR) is 76.3 cm³/mol. The Labute approximate surface area is 123 Å². The van der Waals surface area contributed by atoms with Crippen LogP contribution < -0.4 is 5.32 Å². The van der Waals surface area contributed by atoms with E-state index in [1.807, 2.05) is 25.1 Å². The molecule has 2 aliphatic rings. The van der Waals surface area contributed by atoms with Crippen molar-refractivity contribution in [3.63, 3.8) is 0 Å². The molecule has 3 rings (SSSR count). The smallest absolute Gasteiger partial charge is 0.262 e. The van der Waals surface area contributed by atoms with Gasteiger partial charge in [-0.1, -0.05) is 30.3 Å². The topological polar surface area (TPSA) is 32.3 Å². The Morgan fingerprint density at radius 2 is 2.05 bits per heavy atom. The minimum Gasteiger partial charge on any atom is -0.338 e. The van der Waals surface area contributed by atoms with Crippen LogP contribution in [-0.4, -0.2) is 41.9 Å². The Bertz CT molecular complexity index is 520. The van der Waals surface area contributed by atoms with Crippen LogP contribution in [-0.2, 0) is 4.79 Å². The third-order valence-corrected chi connectivity index (χ3v) is 4.54. The molecule has 1 aromatic carbocycles. The van der Waals surface area contributed by atoms with Crippen LogP contribution in [0.2, 0.25) is 0 Å². The average molecular weight is 294 g/mol. The Hall–Kier alpha value is -1.49. The monoisotopic (exact) mass is 294 g/mol. The standard InChI is InChI=1S/C16H20F2N2O/c1-11-7-13(12-5-3-2-4-6-12)9-20(11)15(21)14-8-16(17,18)10-19-14/h2-6,11,13-14,19H,7-10H2,1H3. The number of nitrogens with zero attached hydrogens (tertiary/aromatic N) is 1. The summed E-state index contributed by atoms with van der Waals surface area (Å²) in [6, 6.07) is 9.43. The molecule has 1 aromatic rings. The van der Waals surface area contributed by atoms with Crippen LogP contribution >= 0.6 is 0 Å². The zero-order chi connectivity index (χ0) is 15.0. The molecule has 2 heterocycles. The molecular weight excluding hydrogens is 274 g/mol. The van der Waals surface area contributed by atoms with E-state index >= 15 is 0 Å². The predicted octanol–water partition coefficient (Wildman–Crippen LogP) is 2.39. The molecule has 3 atom stereocenters. The number of carbonyl (C=O) groups excluding carboxylic acids is 1. The highest BCUT2D eigenvalue weighted by molar-refractivity contribution is 5.83. The lowest BCUT2D eigenvalue weighted by molar-refractivity contribution is -0.134. The summed E-state index contributed by atoms with van der Waals surface area (Å²) in [6.07, 6.45) is 0.504. The van der Waals surface area contributed by atoms with Crippen molar-refractivity contribution >= 4 is 5.91 Å². The van der Waals surface area contributed by atoms with Gasteiger partial charge in [0.05, 0.1) is 12.6 Å². The number of likely N-dealkylation sites (tertiary alicyclic amines) is 1. The number of alkyl halides is 2. The molecule has 21 heavy (non-hydrogen) atoms. The lowest BCUT2D eigenvalue weighted by atomic mass is 9.97. The van der Waals surface area contributed by atoms with Gasteiger partial charge in [0, 0.05) is 24.9 Å². The number of halogens is 2. The molecule has 3 unspecified atom stereocenters. The number of carbonyl (C=O) groups is 1. The minimum atomic E-state index is -2.76. The van der Waals surface area contributed by atoms with Crippen molar-refractivity contribution in [2.24, 2.45) is 0 Å². The van der Waals surface area contributed by atoms with Crippen molar-refractivity contribution in [2.45, 2.75) is 43.7 Å². The van der Waals surface area contributed by atoms with Gasteiger partial charge in [-0.05, 0) is 18.9 Å². The molecule has 2 aliphatic heterocycles. The lowest BCUT2D eigenvalue weighted by Crippen LogP contribution is -2.45. The largest absolute Gasteiger partial charge is 0.338 e. The highest BCUT2D eigenvalue weighted by Gasteiger charge is 2.45. The number of nitrogens with one attached hydrogen (secondary N) is 1. The van der Waals surface area contributed by atoms with Gasteiger partial charge in [-0.15, -0.1) is 0 Å². The summed E-state index contributed by atoms with van der Waals surface area (Å²) >= 11 is 0. The normalized spacial score (nSPS) is 31.6. The molecule has 5 heteroatoms. The van der Waals surface area contributed by atoms with Crippen LogP contribution in [0, 0.1) is 0 Å². The van der Waals surface area contributed by atoms with E-state index in [2.05, 4.69) is 17.4 Å². The van der Waals surface area contributed by atoms with Gasteiger partial charge in [-0.2, -0.15) is 0 Å². The van der Waals surface area contributed by atoms with Gasteiger partial charge in [-0.25, -0.2) is 8.78 Å². The fraction of sp³-hybridized carbons (Fsp3) is 0.562. The molecule has 0 bridgehead atoms. The highest BCUT2D eigenvalue weighted by atomic mass is 19.3. The van der Waals surface area contributed by atoms with E-state index in [0.717, 1.165) is 6.42 Å². The van der Waals surface area contributed by atoms with E-state index in [0.29, 0.717) is 12.5 Å². The number of hydrogen-bond donors (Lipinski definition) is 1. The van der Waals surface area contributed by atoms with Crippen molar-refractivity contribution < 1.29 is 13.6 Å². The fourth-order valence-electron chi connectivity index (χ4n) is 3.40. The molecule has 0 radical (unpaired) electrons. The van der Waals surface area contributed by atoms with Crippen LogP contribution in [0.15, 0.2) is 30.3 Å². The molecule has 1 amide bonds. The van der Waals surface area contributed by atoms with Crippen molar-refractivity contribution in [2.75, 3.05) is 13.1 Å². The van der Waals surface area contributed by atoms with Gasteiger partial charge in [0.15, 0.2) is 0 Å². The molecule has 2 fully saturated rings. The molecule has 0 spiro atoms.